The van der Waals surface area contributed by atoms with Crippen LogP contribution in [-0.4, -0.2) is 28.3 Å². The summed E-state index contributed by atoms with van der Waals surface area (Å²) >= 11 is -2.34. The summed E-state index contributed by atoms with van der Waals surface area (Å²) in [5.74, 6) is 0.854. The van der Waals surface area contributed by atoms with Crippen molar-refractivity contribution >= 4 is 44.7 Å². The Kier molecular flexibility index (Phi) is 5.76. The highest BCUT2D eigenvalue weighted by atomic mass is 32.2. The van der Waals surface area contributed by atoms with Crippen molar-refractivity contribution in [2.75, 3.05) is 4.31 Å². The first-order valence-electron chi connectivity index (χ1n) is 10.6. The molecule has 0 saturated carbocycles. The van der Waals surface area contributed by atoms with Gasteiger partial charge in [-0.25, -0.2) is 18.5 Å². The Hall–Kier alpha value is -4.13. The number of nitrogens with zero attached hydrogens (tertiary/aromatic N) is 6. The molecule has 168 valence electrons. The summed E-state index contributed by atoms with van der Waals surface area (Å²) in [5.41, 5.74) is 4.66. The average Bonchev–Trinajstić information content (AvgIpc) is 3.18. The number of anilines is 2. The van der Waals surface area contributed by atoms with E-state index in [0.29, 0.717) is 40.0 Å². The van der Waals surface area contributed by atoms with Crippen LogP contribution in [0.1, 0.15) is 17.0 Å². The molecule has 34 heavy (non-hydrogen) atoms. The van der Waals surface area contributed by atoms with Crippen molar-refractivity contribution in [2.24, 2.45) is 7.05 Å². The molecule has 1 N–H and O–H groups in total. The summed E-state index contributed by atoms with van der Waals surface area (Å²) in [4.78, 5) is 13.7. The first-order valence-corrected chi connectivity index (χ1v) is 11.7. The molecule has 1 unspecified atom stereocenters. The highest BCUT2D eigenvalue weighted by Gasteiger charge is 2.20. The van der Waals surface area contributed by atoms with Gasteiger partial charge in [0.1, 0.15) is 11.3 Å². The molecule has 1 atom stereocenters. The minimum atomic E-state index is -2.34. The molecule has 0 amide bonds. The molecule has 0 fully saturated rings. The second-order valence-corrected chi connectivity index (χ2v) is 8.64. The van der Waals surface area contributed by atoms with Crippen molar-refractivity contribution in [3.05, 3.63) is 90.0 Å². The molecule has 8 nitrogen and oxygen atoms in total. The molecule has 5 rings (SSSR count). The highest BCUT2D eigenvalue weighted by Crippen LogP contribution is 2.33. The summed E-state index contributed by atoms with van der Waals surface area (Å²) < 4.78 is 25.8. The van der Waals surface area contributed by atoms with Gasteiger partial charge in [0.2, 0.25) is 0 Å². The van der Waals surface area contributed by atoms with Crippen LogP contribution in [0.5, 0.6) is 0 Å². The Morgan fingerprint density at radius 3 is 2.65 bits per heavy atom. The van der Waals surface area contributed by atoms with Gasteiger partial charge in [-0.1, -0.05) is 30.3 Å². The lowest BCUT2D eigenvalue weighted by molar-refractivity contribution is 0.564. The van der Waals surface area contributed by atoms with Gasteiger partial charge in [-0.2, -0.15) is 5.26 Å². The van der Waals surface area contributed by atoms with Crippen LogP contribution in [0.25, 0.3) is 22.1 Å². The van der Waals surface area contributed by atoms with E-state index in [-0.39, 0.29) is 0 Å². The third-order valence-corrected chi connectivity index (χ3v) is 6.45. The van der Waals surface area contributed by atoms with Gasteiger partial charge in [-0.05, 0) is 42.3 Å². The van der Waals surface area contributed by atoms with Crippen molar-refractivity contribution in [3.8, 4) is 6.07 Å². The molecule has 5 aromatic rings. The van der Waals surface area contributed by atoms with Crippen LogP contribution in [0.15, 0.2) is 73.1 Å². The zero-order valence-electron chi connectivity index (χ0n) is 18.3. The maximum absolute atomic E-state index is 12.4. The summed E-state index contributed by atoms with van der Waals surface area (Å²) in [6.45, 7) is 0. The monoisotopic (exact) mass is 468 g/mol. The number of fused-ring (bicyclic) bond motifs is 2. The van der Waals surface area contributed by atoms with Crippen LogP contribution in [-0.2, 0) is 31.2 Å². The zero-order valence-corrected chi connectivity index (χ0v) is 19.1. The summed E-state index contributed by atoms with van der Waals surface area (Å²) in [7, 11) is 1.91. The summed E-state index contributed by atoms with van der Waals surface area (Å²) in [5, 5.41) is 9.83. The fourth-order valence-electron chi connectivity index (χ4n) is 4.01. The van der Waals surface area contributed by atoms with Gasteiger partial charge in [-0.15, -0.1) is 0 Å². The Morgan fingerprint density at radius 2 is 1.88 bits per heavy atom. The minimum Gasteiger partial charge on any atom is -0.316 e. The summed E-state index contributed by atoms with van der Waals surface area (Å²) in [6, 6.07) is 20.6. The molecule has 3 heterocycles. The molecule has 0 radical (unpaired) electrons. The number of aryl methyl sites for hydroxylation is 3. The normalized spacial score (nSPS) is 12.0. The Balaban J connectivity index is 1.49. The van der Waals surface area contributed by atoms with Crippen LogP contribution in [0, 0.1) is 11.3 Å². The fraction of sp³-hybridized carbons (Fsp3) is 0.120. The number of rotatable bonds is 6. The highest BCUT2D eigenvalue weighted by molar-refractivity contribution is 7.81. The lowest BCUT2D eigenvalue weighted by Gasteiger charge is -2.20. The van der Waals surface area contributed by atoms with Gasteiger partial charge in [0.25, 0.3) is 11.3 Å². The molecule has 2 aromatic carbocycles. The number of benzene rings is 2. The van der Waals surface area contributed by atoms with Crippen molar-refractivity contribution in [1.29, 1.82) is 5.26 Å². The Labute approximate surface area is 198 Å². The second-order valence-electron chi connectivity index (χ2n) is 7.81. The number of pyridine rings is 2. The zero-order chi connectivity index (χ0) is 23.7. The van der Waals surface area contributed by atoms with E-state index in [2.05, 4.69) is 16.0 Å². The molecule has 0 saturated heterocycles. The van der Waals surface area contributed by atoms with Crippen LogP contribution < -0.4 is 4.31 Å². The Morgan fingerprint density at radius 1 is 1.09 bits per heavy atom. The van der Waals surface area contributed by atoms with E-state index in [1.807, 2.05) is 60.1 Å². The van der Waals surface area contributed by atoms with Gasteiger partial charge in [0.15, 0.2) is 5.65 Å². The molecular weight excluding hydrogens is 448 g/mol. The molecule has 9 heteroatoms. The second kappa shape index (κ2) is 9.02. The maximum Gasteiger partial charge on any atom is 0.266 e. The Bertz CT molecular complexity index is 1570. The number of imidazole rings is 1. The minimum absolute atomic E-state index is 0.447. The van der Waals surface area contributed by atoms with Crippen molar-refractivity contribution in [1.82, 2.24) is 19.5 Å². The lowest BCUT2D eigenvalue weighted by atomic mass is 10.1. The molecule has 0 aliphatic rings. The predicted molar refractivity (Wildman–Crippen MR) is 132 cm³/mol. The smallest absolute Gasteiger partial charge is 0.266 e. The molecule has 0 bridgehead atoms. The number of nitriles is 1. The topological polar surface area (TPSA) is 108 Å². The molecule has 0 spiro atoms. The molecular formula is C25H20N6O2S. The maximum atomic E-state index is 12.4. The first-order chi connectivity index (χ1) is 16.5. The van der Waals surface area contributed by atoms with Crippen molar-refractivity contribution < 1.29 is 8.76 Å². The number of para-hydroxylation sites is 1. The third-order valence-electron chi connectivity index (χ3n) is 5.73. The molecule has 3 aromatic heterocycles. The number of hydrogen-bond acceptors (Lipinski definition) is 5. The van der Waals surface area contributed by atoms with Gasteiger partial charge in [-0.3, -0.25) is 9.54 Å². The summed E-state index contributed by atoms with van der Waals surface area (Å²) in [6.07, 6.45) is 4.69. The fourth-order valence-corrected chi connectivity index (χ4v) is 4.61. The first kappa shape index (κ1) is 21.7. The average molecular weight is 469 g/mol. The van der Waals surface area contributed by atoms with E-state index in [0.717, 1.165) is 23.2 Å². The standard InChI is InChI=1S/C25H20N6O2S/c1-30-23(12-11-17-7-9-18(15-26)10-8-17)29-21-14-20(16-28-25(21)30)31(34(32)33)22-6-2-4-19-5-3-13-27-24(19)22/h2-10,13-14,16H,11-12H2,1H3,(H,32,33). The third kappa shape index (κ3) is 4.01. The number of hydrogen-bond donors (Lipinski definition) is 1. The van der Waals surface area contributed by atoms with Gasteiger partial charge < -0.3 is 4.57 Å². The van der Waals surface area contributed by atoms with Gasteiger partial charge in [0.05, 0.1) is 34.7 Å². The molecule has 0 aliphatic carbocycles. The lowest BCUT2D eigenvalue weighted by Crippen LogP contribution is -2.20. The van der Waals surface area contributed by atoms with Crippen molar-refractivity contribution in [3.63, 3.8) is 0 Å². The van der Waals surface area contributed by atoms with Crippen molar-refractivity contribution in [2.45, 2.75) is 12.8 Å². The van der Waals surface area contributed by atoms with E-state index in [9.17, 15) is 8.76 Å². The van der Waals surface area contributed by atoms with Gasteiger partial charge in [0, 0.05) is 25.1 Å². The van der Waals surface area contributed by atoms with E-state index >= 15 is 0 Å². The van der Waals surface area contributed by atoms with Crippen LogP contribution in [0.3, 0.4) is 0 Å². The predicted octanol–water partition coefficient (Wildman–Crippen LogP) is 4.45. The SMILES string of the molecule is Cn1c(CCc2ccc(C#N)cc2)nc2cc(N(c3cccc4cccnc34)S(=O)O)cnc21. The largest absolute Gasteiger partial charge is 0.316 e. The van der Waals surface area contributed by atoms with E-state index in [4.69, 9.17) is 10.2 Å². The van der Waals surface area contributed by atoms with Gasteiger partial charge >= 0.3 is 0 Å². The number of aromatic nitrogens is 4. The van der Waals surface area contributed by atoms with Crippen LogP contribution in [0.4, 0.5) is 11.4 Å². The van der Waals surface area contributed by atoms with E-state index in [1.165, 1.54) is 4.31 Å². The van der Waals surface area contributed by atoms with Crippen LogP contribution in [0.2, 0.25) is 0 Å². The van der Waals surface area contributed by atoms with E-state index in [1.54, 1.807) is 24.5 Å². The molecule has 0 aliphatic heterocycles. The quantitative estimate of drug-likeness (QED) is 0.369. The van der Waals surface area contributed by atoms with Crippen LogP contribution >= 0.6 is 0 Å². The van der Waals surface area contributed by atoms with E-state index < -0.39 is 11.3 Å².